The summed E-state index contributed by atoms with van der Waals surface area (Å²) in [6.45, 7) is 4.51. The molecule has 1 atom stereocenters. The molecule has 1 heterocycles. The van der Waals surface area contributed by atoms with Crippen LogP contribution < -0.4 is 20.2 Å². The van der Waals surface area contributed by atoms with E-state index in [0.717, 1.165) is 30.6 Å². The highest BCUT2D eigenvalue weighted by atomic mass is 32.1. The van der Waals surface area contributed by atoms with Crippen LogP contribution in [0.25, 0.3) is 0 Å². The van der Waals surface area contributed by atoms with Gasteiger partial charge in [0.2, 0.25) is 0 Å². The normalized spacial score (nSPS) is 16.0. The molecule has 1 aliphatic heterocycles. The van der Waals surface area contributed by atoms with Crippen LogP contribution in [-0.2, 0) is 11.3 Å². The predicted molar refractivity (Wildman–Crippen MR) is 119 cm³/mol. The first-order chi connectivity index (χ1) is 14.2. The van der Waals surface area contributed by atoms with Gasteiger partial charge < -0.3 is 19.5 Å². The molecule has 0 aromatic heterocycles. The molecule has 0 spiro atoms. The van der Waals surface area contributed by atoms with E-state index in [1.807, 2.05) is 55.5 Å². The lowest BCUT2D eigenvalue weighted by atomic mass is 10.2. The van der Waals surface area contributed by atoms with Crippen LogP contribution >= 0.6 is 12.2 Å². The smallest absolute Gasteiger partial charge is 0.187 e. The summed E-state index contributed by atoms with van der Waals surface area (Å²) >= 11 is 5.24. The van der Waals surface area contributed by atoms with Crippen molar-refractivity contribution in [1.82, 2.24) is 10.7 Å². The van der Waals surface area contributed by atoms with E-state index >= 15 is 0 Å². The second-order valence-electron chi connectivity index (χ2n) is 6.63. The van der Waals surface area contributed by atoms with Crippen LogP contribution in [0.2, 0.25) is 0 Å². The topological polar surface area (TPSA) is 64.1 Å². The number of nitrogens with zero attached hydrogens (tertiary/aromatic N) is 1. The van der Waals surface area contributed by atoms with Gasteiger partial charge in [-0.3, -0.25) is 5.43 Å². The van der Waals surface area contributed by atoms with Gasteiger partial charge in [-0.25, -0.2) is 0 Å². The third kappa shape index (κ3) is 7.03. The van der Waals surface area contributed by atoms with Gasteiger partial charge in [0.1, 0.15) is 6.61 Å². The van der Waals surface area contributed by atoms with Gasteiger partial charge in [0, 0.05) is 13.2 Å². The van der Waals surface area contributed by atoms with Crippen molar-refractivity contribution in [3.8, 4) is 11.5 Å². The van der Waals surface area contributed by atoms with Crippen molar-refractivity contribution in [1.29, 1.82) is 0 Å². The van der Waals surface area contributed by atoms with E-state index in [9.17, 15) is 0 Å². The average molecular weight is 414 g/mol. The summed E-state index contributed by atoms with van der Waals surface area (Å²) in [5, 5.41) is 7.79. The van der Waals surface area contributed by atoms with E-state index < -0.39 is 0 Å². The van der Waals surface area contributed by atoms with Crippen LogP contribution in [-0.4, -0.2) is 37.2 Å². The zero-order valence-electron chi connectivity index (χ0n) is 16.6. The van der Waals surface area contributed by atoms with Crippen molar-refractivity contribution in [3.05, 3.63) is 59.7 Å². The molecule has 3 rings (SSSR count). The number of benzene rings is 2. The molecule has 7 heteroatoms. The van der Waals surface area contributed by atoms with Gasteiger partial charge in [-0.15, -0.1) is 0 Å². The number of thiocarbonyl (C=S) groups is 1. The predicted octanol–water partition coefficient (Wildman–Crippen LogP) is 3.64. The first-order valence-corrected chi connectivity index (χ1v) is 10.3. The zero-order chi connectivity index (χ0) is 20.3. The minimum atomic E-state index is 0.232. The Morgan fingerprint density at radius 2 is 2.07 bits per heavy atom. The fourth-order valence-corrected chi connectivity index (χ4v) is 3.08. The van der Waals surface area contributed by atoms with Crippen molar-refractivity contribution in [3.63, 3.8) is 0 Å². The Hall–Kier alpha value is -2.64. The van der Waals surface area contributed by atoms with E-state index in [1.54, 1.807) is 6.21 Å². The molecule has 0 bridgehead atoms. The Bertz CT molecular complexity index is 808. The minimum Gasteiger partial charge on any atom is -0.490 e. The van der Waals surface area contributed by atoms with Gasteiger partial charge in [0.15, 0.2) is 16.6 Å². The Kier molecular flexibility index (Phi) is 8.27. The van der Waals surface area contributed by atoms with Crippen LogP contribution in [0.3, 0.4) is 0 Å². The quantitative estimate of drug-likeness (QED) is 0.372. The summed E-state index contributed by atoms with van der Waals surface area (Å²) in [5.74, 6) is 1.39. The number of hydrazone groups is 1. The SMILES string of the molecule is CCOc1cc(/C=N\NC(=S)NC[C@H]2CCCO2)ccc1OCc1ccccc1. The molecule has 0 amide bonds. The molecule has 2 aromatic carbocycles. The van der Waals surface area contributed by atoms with E-state index in [2.05, 4.69) is 15.8 Å². The van der Waals surface area contributed by atoms with Crippen LogP contribution in [0.5, 0.6) is 11.5 Å². The molecule has 6 nitrogen and oxygen atoms in total. The standard InChI is InChI=1S/C22H27N3O3S/c1-2-26-21-13-18(10-11-20(21)28-16-17-7-4-3-5-8-17)14-24-25-22(29)23-15-19-9-6-12-27-19/h3-5,7-8,10-11,13-14,19H,2,6,9,12,15-16H2,1H3,(H2,23,25,29)/b24-14-/t19-/m1/s1. The van der Waals surface area contributed by atoms with Crippen molar-refractivity contribution in [2.24, 2.45) is 5.10 Å². The lowest BCUT2D eigenvalue weighted by Crippen LogP contribution is -2.37. The lowest BCUT2D eigenvalue weighted by molar-refractivity contribution is 0.114. The molecule has 1 saturated heterocycles. The first kappa shape index (κ1) is 21.1. The fourth-order valence-electron chi connectivity index (χ4n) is 2.94. The van der Waals surface area contributed by atoms with Crippen LogP contribution in [0.1, 0.15) is 30.9 Å². The minimum absolute atomic E-state index is 0.232. The summed E-state index contributed by atoms with van der Waals surface area (Å²) in [6, 6.07) is 15.8. The number of ether oxygens (including phenoxy) is 3. The van der Waals surface area contributed by atoms with Crippen molar-refractivity contribution in [2.45, 2.75) is 32.5 Å². The lowest BCUT2D eigenvalue weighted by Gasteiger charge is -2.13. The molecular formula is C22H27N3O3S. The Labute approximate surface area is 177 Å². The summed E-state index contributed by atoms with van der Waals surface area (Å²) in [6.07, 6.45) is 4.11. The number of hydrogen-bond donors (Lipinski definition) is 2. The summed E-state index contributed by atoms with van der Waals surface area (Å²) in [7, 11) is 0. The van der Waals surface area contributed by atoms with Gasteiger partial charge in [-0.1, -0.05) is 30.3 Å². The van der Waals surface area contributed by atoms with Gasteiger partial charge in [0.05, 0.1) is 18.9 Å². The second kappa shape index (κ2) is 11.4. The largest absolute Gasteiger partial charge is 0.490 e. The zero-order valence-corrected chi connectivity index (χ0v) is 17.4. The highest BCUT2D eigenvalue weighted by Crippen LogP contribution is 2.28. The molecule has 1 aliphatic rings. The fraction of sp³-hybridized carbons (Fsp3) is 0.364. The van der Waals surface area contributed by atoms with Crippen LogP contribution in [0.15, 0.2) is 53.6 Å². The highest BCUT2D eigenvalue weighted by Gasteiger charge is 2.15. The molecule has 154 valence electrons. The van der Waals surface area contributed by atoms with E-state index in [4.69, 9.17) is 26.4 Å². The molecule has 1 fully saturated rings. The molecular weight excluding hydrogens is 386 g/mol. The number of rotatable bonds is 9. The second-order valence-corrected chi connectivity index (χ2v) is 7.04. The molecule has 0 radical (unpaired) electrons. The Morgan fingerprint density at radius 1 is 1.21 bits per heavy atom. The van der Waals surface area contributed by atoms with Crippen LogP contribution in [0.4, 0.5) is 0 Å². The van der Waals surface area contributed by atoms with Gasteiger partial charge in [0.25, 0.3) is 0 Å². The average Bonchev–Trinajstić information content (AvgIpc) is 3.26. The molecule has 0 aliphatic carbocycles. The third-order valence-corrected chi connectivity index (χ3v) is 4.63. The maximum atomic E-state index is 5.93. The molecule has 29 heavy (non-hydrogen) atoms. The van der Waals surface area contributed by atoms with Crippen LogP contribution in [0, 0.1) is 0 Å². The summed E-state index contributed by atoms with van der Waals surface area (Å²) in [5.41, 5.74) is 4.82. The monoisotopic (exact) mass is 413 g/mol. The van der Waals surface area contributed by atoms with Gasteiger partial charge in [-0.2, -0.15) is 5.10 Å². The van der Waals surface area contributed by atoms with Gasteiger partial charge >= 0.3 is 0 Å². The van der Waals surface area contributed by atoms with E-state index in [1.165, 1.54) is 0 Å². The maximum Gasteiger partial charge on any atom is 0.187 e. The molecule has 2 aromatic rings. The molecule has 0 saturated carbocycles. The summed E-state index contributed by atoms with van der Waals surface area (Å²) in [4.78, 5) is 0. The number of nitrogens with one attached hydrogen (secondary N) is 2. The summed E-state index contributed by atoms with van der Waals surface area (Å²) < 4.78 is 17.2. The van der Waals surface area contributed by atoms with E-state index in [0.29, 0.717) is 36.4 Å². The van der Waals surface area contributed by atoms with Crippen molar-refractivity contribution in [2.75, 3.05) is 19.8 Å². The Morgan fingerprint density at radius 3 is 2.83 bits per heavy atom. The third-order valence-electron chi connectivity index (χ3n) is 4.40. The van der Waals surface area contributed by atoms with Crippen molar-refractivity contribution >= 4 is 23.5 Å². The molecule has 0 unspecified atom stereocenters. The molecule has 2 N–H and O–H groups in total. The first-order valence-electron chi connectivity index (χ1n) is 9.86. The highest BCUT2D eigenvalue weighted by molar-refractivity contribution is 7.80. The number of hydrogen-bond acceptors (Lipinski definition) is 5. The Balaban J connectivity index is 1.52. The van der Waals surface area contributed by atoms with E-state index in [-0.39, 0.29) is 6.10 Å². The maximum absolute atomic E-state index is 5.93. The van der Waals surface area contributed by atoms with Crippen molar-refractivity contribution < 1.29 is 14.2 Å². The van der Waals surface area contributed by atoms with Gasteiger partial charge in [-0.05, 0) is 61.3 Å².